The van der Waals surface area contributed by atoms with Crippen LogP contribution in [0.25, 0.3) is 0 Å². The molecule has 110 valence electrons. The Labute approximate surface area is 120 Å². The zero-order chi connectivity index (χ0) is 14.5. The van der Waals surface area contributed by atoms with Crippen LogP contribution in [0.3, 0.4) is 0 Å². The van der Waals surface area contributed by atoms with Gasteiger partial charge in [-0.15, -0.1) is 0 Å². The average molecular weight is 276 g/mol. The highest BCUT2D eigenvalue weighted by Crippen LogP contribution is 2.18. The van der Waals surface area contributed by atoms with Gasteiger partial charge in [0.15, 0.2) is 6.61 Å². The van der Waals surface area contributed by atoms with Crippen molar-refractivity contribution in [3.8, 4) is 5.75 Å². The predicted molar refractivity (Wildman–Crippen MR) is 80.0 cm³/mol. The Morgan fingerprint density at radius 3 is 2.95 bits per heavy atom. The number of hydrogen-bond acceptors (Lipinski definition) is 3. The first-order valence-corrected chi connectivity index (χ1v) is 7.27. The molecule has 1 aliphatic rings. The van der Waals surface area contributed by atoms with Crippen LogP contribution in [0.5, 0.6) is 5.75 Å². The fourth-order valence-corrected chi connectivity index (χ4v) is 2.64. The van der Waals surface area contributed by atoms with Gasteiger partial charge in [0.05, 0.1) is 0 Å². The third-order valence-corrected chi connectivity index (χ3v) is 3.68. The second kappa shape index (κ2) is 6.75. The summed E-state index contributed by atoms with van der Waals surface area (Å²) in [6, 6.07) is 6.71. The molecule has 2 atom stereocenters. The quantitative estimate of drug-likeness (QED) is 0.883. The minimum absolute atomic E-state index is 0.0379. The Morgan fingerprint density at radius 1 is 1.45 bits per heavy atom. The number of carbonyl (C=O) groups is 1. The van der Waals surface area contributed by atoms with Crippen LogP contribution in [-0.2, 0) is 4.79 Å². The van der Waals surface area contributed by atoms with Crippen molar-refractivity contribution in [2.75, 3.05) is 13.2 Å². The molecular formula is C16H24N2O2. The van der Waals surface area contributed by atoms with E-state index in [9.17, 15) is 4.79 Å². The zero-order valence-corrected chi connectivity index (χ0v) is 12.5. The number of carbonyl (C=O) groups excluding carboxylic acids is 1. The molecule has 20 heavy (non-hydrogen) atoms. The Hall–Kier alpha value is -1.55. The summed E-state index contributed by atoms with van der Waals surface area (Å²) in [5, 5.41) is 6.42. The van der Waals surface area contributed by atoms with Crippen molar-refractivity contribution in [3.05, 3.63) is 29.3 Å². The third kappa shape index (κ3) is 4.23. The monoisotopic (exact) mass is 276 g/mol. The second-order valence-electron chi connectivity index (χ2n) is 5.70. The topological polar surface area (TPSA) is 50.4 Å². The molecule has 1 aromatic rings. The first kappa shape index (κ1) is 14.9. The highest BCUT2D eigenvalue weighted by Gasteiger charge is 2.19. The van der Waals surface area contributed by atoms with E-state index in [1.165, 1.54) is 5.56 Å². The molecule has 4 heteroatoms. The fourth-order valence-electron chi connectivity index (χ4n) is 2.64. The van der Waals surface area contributed by atoms with Gasteiger partial charge in [0.2, 0.25) is 0 Å². The van der Waals surface area contributed by atoms with E-state index in [0.717, 1.165) is 30.7 Å². The SMILES string of the molecule is Cc1ccc(OCC(=O)NC2CCNC(C)C2)c(C)c1. The second-order valence-corrected chi connectivity index (χ2v) is 5.70. The molecule has 0 aromatic heterocycles. The van der Waals surface area contributed by atoms with Crippen molar-refractivity contribution in [1.29, 1.82) is 0 Å². The lowest BCUT2D eigenvalue weighted by Gasteiger charge is -2.28. The minimum Gasteiger partial charge on any atom is -0.484 e. The van der Waals surface area contributed by atoms with Crippen molar-refractivity contribution in [3.63, 3.8) is 0 Å². The summed E-state index contributed by atoms with van der Waals surface area (Å²) in [5.74, 6) is 0.744. The van der Waals surface area contributed by atoms with Gasteiger partial charge in [-0.25, -0.2) is 0 Å². The molecule has 0 radical (unpaired) electrons. The van der Waals surface area contributed by atoms with Gasteiger partial charge in [-0.05, 0) is 51.8 Å². The van der Waals surface area contributed by atoms with Crippen molar-refractivity contribution < 1.29 is 9.53 Å². The molecule has 2 N–H and O–H groups in total. The maximum atomic E-state index is 11.9. The molecule has 2 unspecified atom stereocenters. The van der Waals surface area contributed by atoms with Crippen molar-refractivity contribution >= 4 is 5.91 Å². The van der Waals surface area contributed by atoms with Crippen LogP contribution in [0.2, 0.25) is 0 Å². The van der Waals surface area contributed by atoms with Gasteiger partial charge in [-0.2, -0.15) is 0 Å². The summed E-state index contributed by atoms with van der Waals surface area (Å²) in [5.41, 5.74) is 2.26. The largest absolute Gasteiger partial charge is 0.484 e. The van der Waals surface area contributed by atoms with E-state index < -0.39 is 0 Å². The highest BCUT2D eigenvalue weighted by molar-refractivity contribution is 5.77. The van der Waals surface area contributed by atoms with E-state index in [1.807, 2.05) is 26.0 Å². The Balaban J connectivity index is 1.80. The summed E-state index contributed by atoms with van der Waals surface area (Å²) in [4.78, 5) is 11.9. The van der Waals surface area contributed by atoms with E-state index >= 15 is 0 Å². The molecule has 1 amide bonds. The smallest absolute Gasteiger partial charge is 0.258 e. The van der Waals surface area contributed by atoms with Crippen molar-refractivity contribution in [2.24, 2.45) is 0 Å². The molecule has 1 saturated heterocycles. The van der Waals surface area contributed by atoms with Gasteiger partial charge in [-0.1, -0.05) is 17.7 Å². The lowest BCUT2D eigenvalue weighted by atomic mass is 10.0. The van der Waals surface area contributed by atoms with Crippen LogP contribution >= 0.6 is 0 Å². The first-order chi connectivity index (χ1) is 9.54. The number of ether oxygens (including phenoxy) is 1. The van der Waals surface area contributed by atoms with Crippen molar-refractivity contribution in [2.45, 2.75) is 45.7 Å². The molecule has 0 bridgehead atoms. The van der Waals surface area contributed by atoms with Crippen LogP contribution in [0, 0.1) is 13.8 Å². The van der Waals surface area contributed by atoms with Gasteiger partial charge in [0.25, 0.3) is 5.91 Å². The van der Waals surface area contributed by atoms with E-state index in [2.05, 4.69) is 23.6 Å². The number of piperidine rings is 1. The number of nitrogens with one attached hydrogen (secondary N) is 2. The van der Waals surface area contributed by atoms with Crippen LogP contribution in [0.1, 0.15) is 30.9 Å². The predicted octanol–water partition coefficient (Wildman–Crippen LogP) is 1.94. The number of hydrogen-bond donors (Lipinski definition) is 2. The Kier molecular flexibility index (Phi) is 5.01. The molecule has 0 aliphatic carbocycles. The standard InChI is InChI=1S/C16H24N2O2/c1-11-4-5-15(12(2)8-11)20-10-16(19)18-14-6-7-17-13(3)9-14/h4-5,8,13-14,17H,6-7,9-10H2,1-3H3,(H,18,19). The summed E-state index contributed by atoms with van der Waals surface area (Å²) < 4.78 is 5.59. The van der Waals surface area contributed by atoms with Gasteiger partial charge >= 0.3 is 0 Å². The summed E-state index contributed by atoms with van der Waals surface area (Å²) >= 11 is 0. The zero-order valence-electron chi connectivity index (χ0n) is 12.5. The minimum atomic E-state index is -0.0379. The van der Waals surface area contributed by atoms with Crippen LogP contribution < -0.4 is 15.4 Å². The van der Waals surface area contributed by atoms with Gasteiger partial charge in [0.1, 0.15) is 5.75 Å². The Bertz CT molecular complexity index is 474. The molecular weight excluding hydrogens is 252 g/mol. The normalized spacial score (nSPS) is 22.4. The highest BCUT2D eigenvalue weighted by atomic mass is 16.5. The molecule has 1 aliphatic heterocycles. The van der Waals surface area contributed by atoms with Gasteiger partial charge in [-0.3, -0.25) is 4.79 Å². The van der Waals surface area contributed by atoms with Gasteiger partial charge in [0, 0.05) is 12.1 Å². The number of aryl methyl sites for hydroxylation is 2. The van der Waals surface area contributed by atoms with E-state index in [1.54, 1.807) is 0 Å². The van der Waals surface area contributed by atoms with Crippen LogP contribution in [-0.4, -0.2) is 31.1 Å². The molecule has 1 fully saturated rings. The summed E-state index contributed by atoms with van der Waals surface area (Å²) in [6.07, 6.45) is 1.97. The lowest BCUT2D eigenvalue weighted by Crippen LogP contribution is -2.47. The summed E-state index contributed by atoms with van der Waals surface area (Å²) in [6.45, 7) is 7.23. The lowest BCUT2D eigenvalue weighted by molar-refractivity contribution is -0.124. The molecule has 0 saturated carbocycles. The van der Waals surface area contributed by atoms with Crippen LogP contribution in [0.4, 0.5) is 0 Å². The Morgan fingerprint density at radius 2 is 2.25 bits per heavy atom. The fraction of sp³-hybridized carbons (Fsp3) is 0.562. The third-order valence-electron chi connectivity index (χ3n) is 3.68. The first-order valence-electron chi connectivity index (χ1n) is 7.27. The summed E-state index contributed by atoms with van der Waals surface area (Å²) in [7, 11) is 0. The van der Waals surface area contributed by atoms with E-state index in [4.69, 9.17) is 4.74 Å². The number of amides is 1. The maximum absolute atomic E-state index is 11.9. The van der Waals surface area contributed by atoms with E-state index in [0.29, 0.717) is 6.04 Å². The van der Waals surface area contributed by atoms with Crippen LogP contribution in [0.15, 0.2) is 18.2 Å². The number of rotatable bonds is 4. The molecule has 2 rings (SSSR count). The maximum Gasteiger partial charge on any atom is 0.258 e. The molecule has 1 aromatic carbocycles. The molecule has 4 nitrogen and oxygen atoms in total. The molecule has 0 spiro atoms. The average Bonchev–Trinajstić information content (AvgIpc) is 2.37. The molecule has 1 heterocycles. The van der Waals surface area contributed by atoms with E-state index in [-0.39, 0.29) is 18.6 Å². The number of benzene rings is 1. The van der Waals surface area contributed by atoms with Gasteiger partial charge < -0.3 is 15.4 Å². The van der Waals surface area contributed by atoms with Crippen molar-refractivity contribution in [1.82, 2.24) is 10.6 Å².